The van der Waals surface area contributed by atoms with Gasteiger partial charge in [0.2, 0.25) is 0 Å². The van der Waals surface area contributed by atoms with E-state index in [0.29, 0.717) is 11.3 Å². The third-order valence-corrected chi connectivity index (χ3v) is 6.52. The van der Waals surface area contributed by atoms with Gasteiger partial charge in [0, 0.05) is 11.8 Å². The van der Waals surface area contributed by atoms with Crippen molar-refractivity contribution < 1.29 is 14.3 Å². The zero-order chi connectivity index (χ0) is 24.5. The Balaban J connectivity index is 1.58. The second kappa shape index (κ2) is 9.47. The topological polar surface area (TPSA) is 84.2 Å². The van der Waals surface area contributed by atoms with Gasteiger partial charge in [-0.05, 0) is 82.3 Å². The minimum atomic E-state index is -0.531. The van der Waals surface area contributed by atoms with E-state index < -0.39 is 11.7 Å². The lowest BCUT2D eigenvalue weighted by molar-refractivity contribution is 0.0503. The van der Waals surface area contributed by atoms with Crippen LogP contribution in [0, 0.1) is 11.3 Å². The summed E-state index contributed by atoms with van der Waals surface area (Å²) in [5.74, 6) is 0.586. The van der Waals surface area contributed by atoms with E-state index in [1.54, 1.807) is 11.3 Å². The fourth-order valence-electron chi connectivity index (χ4n) is 4.12. The SMILES string of the molecule is CC(C)Oc1ccc(-c2ncc(-c3cccc4c3CCC4NC(=O)OC(C)(C)C)s2)cc1C#N. The molecule has 3 aromatic rings. The number of amides is 1. The quantitative estimate of drug-likeness (QED) is 0.447. The van der Waals surface area contributed by atoms with Gasteiger partial charge in [-0.15, -0.1) is 11.3 Å². The van der Waals surface area contributed by atoms with E-state index in [1.807, 2.05) is 65.1 Å². The highest BCUT2D eigenvalue weighted by Crippen LogP contribution is 2.41. The standard InChI is InChI=1S/C27H29N3O3S/c1-16(2)32-23-12-9-17(13-18(23)14-28)25-29-15-24(34-25)21-8-6-7-20-19(21)10-11-22(20)30-26(31)33-27(3,4)5/h6-9,12-13,15-16,22H,10-11H2,1-5H3,(H,30,31). The van der Waals surface area contributed by atoms with E-state index in [-0.39, 0.29) is 12.1 Å². The normalized spacial score (nSPS) is 15.0. The Hall–Kier alpha value is -3.37. The molecule has 6 nitrogen and oxygen atoms in total. The van der Waals surface area contributed by atoms with Crippen LogP contribution in [0.1, 0.15) is 63.8 Å². The Bertz CT molecular complexity index is 1250. The van der Waals surface area contributed by atoms with E-state index in [4.69, 9.17) is 9.47 Å². The molecule has 1 aliphatic rings. The van der Waals surface area contributed by atoms with Crippen molar-refractivity contribution in [3.63, 3.8) is 0 Å². The van der Waals surface area contributed by atoms with Gasteiger partial charge in [0.25, 0.3) is 0 Å². The molecule has 1 unspecified atom stereocenters. The van der Waals surface area contributed by atoms with Crippen molar-refractivity contribution in [2.75, 3.05) is 0 Å². The third kappa shape index (κ3) is 5.23. The van der Waals surface area contributed by atoms with Gasteiger partial charge >= 0.3 is 6.09 Å². The van der Waals surface area contributed by atoms with Gasteiger partial charge in [0.05, 0.1) is 22.6 Å². The Morgan fingerprint density at radius 2 is 2.06 bits per heavy atom. The van der Waals surface area contributed by atoms with Crippen molar-refractivity contribution in [2.24, 2.45) is 0 Å². The number of hydrogen-bond donors (Lipinski definition) is 1. The summed E-state index contributed by atoms with van der Waals surface area (Å²) in [5.41, 5.74) is 4.35. The average Bonchev–Trinajstić information content (AvgIpc) is 3.40. The van der Waals surface area contributed by atoms with E-state index >= 15 is 0 Å². The molecular formula is C27H29N3O3S. The number of fused-ring (bicyclic) bond motifs is 1. The molecule has 0 fully saturated rings. The predicted molar refractivity (Wildman–Crippen MR) is 134 cm³/mol. The number of nitrogens with one attached hydrogen (secondary N) is 1. The zero-order valence-corrected chi connectivity index (χ0v) is 21.0. The number of carbonyl (C=O) groups excluding carboxylic acids is 1. The Morgan fingerprint density at radius 1 is 1.26 bits per heavy atom. The molecule has 0 spiro atoms. The molecule has 1 aliphatic carbocycles. The lowest BCUT2D eigenvalue weighted by Gasteiger charge is -2.22. The molecule has 0 saturated carbocycles. The predicted octanol–water partition coefficient (Wildman–Crippen LogP) is 6.65. The van der Waals surface area contributed by atoms with Crippen molar-refractivity contribution >= 4 is 17.4 Å². The maximum absolute atomic E-state index is 12.3. The minimum Gasteiger partial charge on any atom is -0.490 e. The van der Waals surface area contributed by atoms with Crippen molar-refractivity contribution in [1.29, 1.82) is 5.26 Å². The number of nitrogens with zero attached hydrogens (tertiary/aromatic N) is 2. The summed E-state index contributed by atoms with van der Waals surface area (Å²) in [7, 11) is 0. The highest BCUT2D eigenvalue weighted by molar-refractivity contribution is 7.18. The molecule has 2 aromatic carbocycles. The van der Waals surface area contributed by atoms with Crippen LogP contribution in [0.2, 0.25) is 0 Å². The molecule has 1 heterocycles. The van der Waals surface area contributed by atoms with Crippen LogP contribution in [0.25, 0.3) is 21.0 Å². The molecule has 34 heavy (non-hydrogen) atoms. The van der Waals surface area contributed by atoms with Crippen molar-refractivity contribution in [3.8, 4) is 32.8 Å². The number of ether oxygens (including phenoxy) is 2. The molecule has 1 aromatic heterocycles. The van der Waals surface area contributed by atoms with Crippen LogP contribution in [-0.2, 0) is 11.2 Å². The Morgan fingerprint density at radius 3 is 2.76 bits per heavy atom. The summed E-state index contributed by atoms with van der Waals surface area (Å²) in [4.78, 5) is 18.0. The van der Waals surface area contributed by atoms with Gasteiger partial charge in [-0.2, -0.15) is 5.26 Å². The summed E-state index contributed by atoms with van der Waals surface area (Å²) in [5, 5.41) is 13.4. The molecule has 0 radical (unpaired) electrons. The molecule has 1 atom stereocenters. The molecule has 1 amide bonds. The first-order valence-corrected chi connectivity index (χ1v) is 12.2. The molecule has 0 bridgehead atoms. The van der Waals surface area contributed by atoms with Gasteiger partial charge < -0.3 is 14.8 Å². The van der Waals surface area contributed by atoms with Crippen LogP contribution in [0.3, 0.4) is 0 Å². The van der Waals surface area contributed by atoms with Crippen LogP contribution >= 0.6 is 11.3 Å². The number of rotatable bonds is 5. The van der Waals surface area contributed by atoms with E-state index in [0.717, 1.165) is 39.4 Å². The molecule has 0 saturated heterocycles. The summed E-state index contributed by atoms with van der Waals surface area (Å²) in [6, 6.07) is 14.0. The van der Waals surface area contributed by atoms with Gasteiger partial charge in [-0.3, -0.25) is 0 Å². The lowest BCUT2D eigenvalue weighted by Crippen LogP contribution is -2.34. The Kier molecular flexibility index (Phi) is 6.63. The molecule has 4 rings (SSSR count). The van der Waals surface area contributed by atoms with E-state index in [9.17, 15) is 10.1 Å². The number of thiazole rings is 1. The van der Waals surface area contributed by atoms with Gasteiger partial charge in [-0.25, -0.2) is 9.78 Å². The molecule has 1 N–H and O–H groups in total. The fraction of sp³-hybridized carbons (Fsp3) is 0.370. The van der Waals surface area contributed by atoms with Crippen LogP contribution in [0.5, 0.6) is 5.75 Å². The smallest absolute Gasteiger partial charge is 0.408 e. The number of carbonyl (C=O) groups is 1. The lowest BCUT2D eigenvalue weighted by atomic mass is 10.0. The van der Waals surface area contributed by atoms with Crippen molar-refractivity contribution in [1.82, 2.24) is 10.3 Å². The summed E-state index contributed by atoms with van der Waals surface area (Å²) >= 11 is 1.59. The highest BCUT2D eigenvalue weighted by atomic mass is 32.1. The van der Waals surface area contributed by atoms with Gasteiger partial charge in [-0.1, -0.05) is 18.2 Å². The van der Waals surface area contributed by atoms with Crippen LogP contribution < -0.4 is 10.1 Å². The average molecular weight is 476 g/mol. The largest absolute Gasteiger partial charge is 0.490 e. The maximum atomic E-state index is 12.3. The third-order valence-electron chi connectivity index (χ3n) is 5.44. The van der Waals surface area contributed by atoms with E-state index in [1.165, 1.54) is 5.56 Å². The highest BCUT2D eigenvalue weighted by Gasteiger charge is 2.28. The summed E-state index contributed by atoms with van der Waals surface area (Å²) < 4.78 is 11.2. The molecular weight excluding hydrogens is 446 g/mol. The number of alkyl carbamates (subject to hydrolysis) is 1. The first kappa shape index (κ1) is 23.8. The Labute approximate surface area is 204 Å². The van der Waals surface area contributed by atoms with Crippen LogP contribution in [0.4, 0.5) is 4.79 Å². The van der Waals surface area contributed by atoms with E-state index in [2.05, 4.69) is 28.5 Å². The first-order valence-electron chi connectivity index (χ1n) is 11.4. The second-order valence-corrected chi connectivity index (χ2v) is 10.7. The summed E-state index contributed by atoms with van der Waals surface area (Å²) in [6.45, 7) is 9.46. The minimum absolute atomic E-state index is 0.00164. The van der Waals surface area contributed by atoms with Crippen molar-refractivity contribution in [2.45, 2.75) is 65.2 Å². The zero-order valence-electron chi connectivity index (χ0n) is 20.1. The monoisotopic (exact) mass is 475 g/mol. The number of hydrogen-bond acceptors (Lipinski definition) is 6. The molecule has 7 heteroatoms. The van der Waals surface area contributed by atoms with Crippen molar-refractivity contribution in [3.05, 3.63) is 59.3 Å². The second-order valence-electron chi connectivity index (χ2n) is 9.63. The van der Waals surface area contributed by atoms with Crippen LogP contribution in [-0.4, -0.2) is 22.8 Å². The molecule has 176 valence electrons. The molecule has 0 aliphatic heterocycles. The number of benzene rings is 2. The van der Waals surface area contributed by atoms with Crippen LogP contribution in [0.15, 0.2) is 42.6 Å². The van der Waals surface area contributed by atoms with Gasteiger partial charge in [0.15, 0.2) is 0 Å². The maximum Gasteiger partial charge on any atom is 0.408 e. The summed E-state index contributed by atoms with van der Waals surface area (Å²) in [6.07, 6.45) is 3.20. The number of aromatic nitrogens is 1. The van der Waals surface area contributed by atoms with Gasteiger partial charge in [0.1, 0.15) is 22.4 Å². The fourth-order valence-corrected chi connectivity index (χ4v) is 5.09. The number of nitriles is 1. The first-order chi connectivity index (χ1) is 16.1.